The molecular formula is C25H17N3O2. The summed E-state index contributed by atoms with van der Waals surface area (Å²) in [5, 5.41) is 3.82. The molecule has 3 aromatic carbocycles. The summed E-state index contributed by atoms with van der Waals surface area (Å²) in [6.45, 7) is 0. The lowest BCUT2D eigenvalue weighted by Crippen LogP contribution is -2.41. The lowest BCUT2D eigenvalue weighted by molar-refractivity contribution is -0.116. The van der Waals surface area contributed by atoms with Crippen LogP contribution in [0.5, 0.6) is 0 Å². The molecular weight excluding hydrogens is 374 g/mol. The molecule has 0 unspecified atom stereocenters. The lowest BCUT2D eigenvalue weighted by atomic mass is 10.1. The maximum atomic E-state index is 13.3. The molecule has 5 nitrogen and oxygen atoms in total. The van der Waals surface area contributed by atoms with E-state index < -0.39 is 0 Å². The monoisotopic (exact) mass is 391 g/mol. The summed E-state index contributed by atoms with van der Waals surface area (Å²) in [6.07, 6.45) is 1.57. The molecule has 1 fully saturated rings. The highest BCUT2D eigenvalue weighted by Crippen LogP contribution is 2.32. The largest absolute Gasteiger partial charge is 0.283 e. The third-order valence-corrected chi connectivity index (χ3v) is 4.96. The number of nitrogens with zero attached hydrogens (tertiary/aromatic N) is 3. The Morgan fingerprint density at radius 2 is 1.13 bits per heavy atom. The van der Waals surface area contributed by atoms with Crippen molar-refractivity contribution in [1.82, 2.24) is 4.98 Å². The van der Waals surface area contributed by atoms with Crippen molar-refractivity contribution in [2.24, 2.45) is 0 Å². The van der Waals surface area contributed by atoms with Crippen LogP contribution in [0.3, 0.4) is 0 Å². The highest BCUT2D eigenvalue weighted by atomic mass is 16.2. The number of benzene rings is 3. The van der Waals surface area contributed by atoms with E-state index in [-0.39, 0.29) is 17.4 Å². The van der Waals surface area contributed by atoms with E-state index in [0.29, 0.717) is 17.1 Å². The third kappa shape index (κ3) is 3.02. The summed E-state index contributed by atoms with van der Waals surface area (Å²) < 4.78 is 0. The average Bonchev–Trinajstić information content (AvgIpc) is 3.05. The summed E-state index contributed by atoms with van der Waals surface area (Å²) in [4.78, 5) is 31.3. The van der Waals surface area contributed by atoms with Crippen LogP contribution >= 0.6 is 0 Å². The molecule has 5 rings (SSSR count). The number of hydrazine groups is 1. The second kappa shape index (κ2) is 7.29. The summed E-state index contributed by atoms with van der Waals surface area (Å²) in [5.41, 5.74) is 2.69. The first-order chi connectivity index (χ1) is 14.7. The smallest absolute Gasteiger partial charge is 0.267 e. The van der Waals surface area contributed by atoms with Crippen LogP contribution in [0.4, 0.5) is 11.4 Å². The molecule has 0 N–H and O–H groups in total. The predicted octanol–water partition coefficient (Wildman–Crippen LogP) is 4.61. The number of hydrogen-bond donors (Lipinski definition) is 0. The fourth-order valence-corrected chi connectivity index (χ4v) is 3.54. The average molecular weight is 391 g/mol. The minimum atomic E-state index is -0.384. The van der Waals surface area contributed by atoms with Gasteiger partial charge in [-0.1, -0.05) is 60.7 Å². The maximum Gasteiger partial charge on any atom is 0.283 e. The molecule has 30 heavy (non-hydrogen) atoms. The van der Waals surface area contributed by atoms with Crippen molar-refractivity contribution in [3.63, 3.8) is 0 Å². The van der Waals surface area contributed by atoms with Gasteiger partial charge in [-0.15, -0.1) is 0 Å². The maximum absolute atomic E-state index is 13.3. The number of rotatable bonds is 3. The van der Waals surface area contributed by atoms with Gasteiger partial charge in [0, 0.05) is 5.39 Å². The van der Waals surface area contributed by atoms with Crippen LogP contribution in [-0.2, 0) is 9.59 Å². The lowest BCUT2D eigenvalue weighted by Gasteiger charge is -2.27. The Morgan fingerprint density at radius 3 is 1.73 bits per heavy atom. The molecule has 4 aromatic rings. The zero-order chi connectivity index (χ0) is 20.5. The first kappa shape index (κ1) is 17.8. The van der Waals surface area contributed by atoms with Crippen LogP contribution in [0.2, 0.25) is 0 Å². The van der Waals surface area contributed by atoms with E-state index in [0.717, 1.165) is 10.9 Å². The molecule has 0 bridgehead atoms. The number of anilines is 2. The zero-order valence-corrected chi connectivity index (χ0v) is 16.0. The van der Waals surface area contributed by atoms with E-state index in [9.17, 15) is 9.59 Å². The van der Waals surface area contributed by atoms with Gasteiger partial charge in [0.15, 0.2) is 0 Å². The number of amides is 2. The first-order valence-corrected chi connectivity index (χ1v) is 9.59. The van der Waals surface area contributed by atoms with Gasteiger partial charge in [-0.3, -0.25) is 9.59 Å². The minimum absolute atomic E-state index is 0.0745. The van der Waals surface area contributed by atoms with Gasteiger partial charge in [0.1, 0.15) is 5.57 Å². The summed E-state index contributed by atoms with van der Waals surface area (Å²) in [6, 6.07) is 29.8. The molecule has 1 aliphatic heterocycles. The van der Waals surface area contributed by atoms with Crippen LogP contribution < -0.4 is 10.0 Å². The summed E-state index contributed by atoms with van der Waals surface area (Å²) in [5.74, 6) is -0.768. The van der Waals surface area contributed by atoms with Crippen molar-refractivity contribution in [2.45, 2.75) is 0 Å². The van der Waals surface area contributed by atoms with Crippen molar-refractivity contribution in [1.29, 1.82) is 0 Å². The molecule has 144 valence electrons. The van der Waals surface area contributed by atoms with Crippen LogP contribution in [0.1, 0.15) is 5.69 Å². The normalized spacial score (nSPS) is 13.9. The number of carbonyl (C=O) groups excluding carboxylic acids is 2. The van der Waals surface area contributed by atoms with E-state index in [1.807, 2.05) is 72.8 Å². The molecule has 5 heteroatoms. The Bertz CT molecular complexity index is 1220. The fraction of sp³-hybridized carbons (Fsp3) is 0. The molecule has 0 saturated carbocycles. The molecule has 1 aliphatic rings. The number of pyridine rings is 1. The van der Waals surface area contributed by atoms with Crippen LogP contribution in [0.25, 0.3) is 17.0 Å². The van der Waals surface area contributed by atoms with Gasteiger partial charge >= 0.3 is 0 Å². The number of hydrogen-bond acceptors (Lipinski definition) is 3. The highest BCUT2D eigenvalue weighted by molar-refractivity contribution is 6.38. The quantitative estimate of drug-likeness (QED) is 0.378. The van der Waals surface area contributed by atoms with Gasteiger partial charge in [-0.25, -0.2) is 15.0 Å². The van der Waals surface area contributed by atoms with E-state index in [1.165, 1.54) is 10.0 Å². The molecule has 2 heterocycles. The predicted molar refractivity (Wildman–Crippen MR) is 118 cm³/mol. The molecule has 0 aliphatic carbocycles. The zero-order valence-electron chi connectivity index (χ0n) is 16.0. The Hall–Kier alpha value is -4.25. The minimum Gasteiger partial charge on any atom is -0.267 e. The van der Waals surface area contributed by atoms with E-state index >= 15 is 0 Å². The Morgan fingerprint density at radius 1 is 0.600 bits per heavy atom. The molecule has 0 atom stereocenters. The molecule has 2 amide bonds. The number of carbonyl (C=O) groups is 2. The van der Waals surface area contributed by atoms with E-state index in [4.69, 9.17) is 0 Å². The second-order valence-corrected chi connectivity index (χ2v) is 6.89. The van der Waals surface area contributed by atoms with Gasteiger partial charge in [-0.2, -0.15) is 0 Å². The molecule has 1 saturated heterocycles. The Labute approximate surface area is 173 Å². The van der Waals surface area contributed by atoms with Crippen molar-refractivity contribution in [2.75, 3.05) is 10.0 Å². The van der Waals surface area contributed by atoms with E-state index in [2.05, 4.69) is 4.98 Å². The number of aromatic nitrogens is 1. The highest BCUT2D eigenvalue weighted by Gasteiger charge is 2.42. The van der Waals surface area contributed by atoms with Gasteiger partial charge in [-0.05, 0) is 42.5 Å². The topological polar surface area (TPSA) is 53.5 Å². The van der Waals surface area contributed by atoms with Gasteiger partial charge in [0.05, 0.1) is 22.6 Å². The molecule has 0 radical (unpaired) electrons. The van der Waals surface area contributed by atoms with Crippen LogP contribution in [-0.4, -0.2) is 16.8 Å². The fourth-order valence-electron chi connectivity index (χ4n) is 3.54. The Balaban J connectivity index is 1.63. The van der Waals surface area contributed by atoms with Crippen molar-refractivity contribution >= 4 is 40.2 Å². The van der Waals surface area contributed by atoms with Crippen molar-refractivity contribution < 1.29 is 9.59 Å². The van der Waals surface area contributed by atoms with Crippen molar-refractivity contribution in [3.8, 4) is 0 Å². The van der Waals surface area contributed by atoms with Gasteiger partial charge < -0.3 is 0 Å². The summed E-state index contributed by atoms with van der Waals surface area (Å²) in [7, 11) is 0. The Kier molecular flexibility index (Phi) is 4.33. The summed E-state index contributed by atoms with van der Waals surface area (Å²) >= 11 is 0. The van der Waals surface area contributed by atoms with Crippen molar-refractivity contribution in [3.05, 3.63) is 108 Å². The molecule has 1 aromatic heterocycles. The number of para-hydroxylation sites is 3. The third-order valence-electron chi connectivity index (χ3n) is 4.96. The first-order valence-electron chi connectivity index (χ1n) is 9.59. The van der Waals surface area contributed by atoms with Crippen LogP contribution in [0, 0.1) is 0 Å². The van der Waals surface area contributed by atoms with Crippen LogP contribution in [0.15, 0.2) is 103 Å². The standard InChI is InChI=1S/C25H17N3O2/c29-24-22(17-19-16-15-18-9-7-8-14-23(18)26-19)25(30)28(21-12-5-2-6-13-21)27(24)20-10-3-1-4-11-20/h1-17H. The SMILES string of the molecule is O=C1C(=Cc2ccc3ccccc3n2)C(=O)N(c2ccccc2)N1c1ccccc1. The van der Waals surface area contributed by atoms with Gasteiger partial charge in [0.2, 0.25) is 0 Å². The number of fused-ring (bicyclic) bond motifs is 1. The van der Waals surface area contributed by atoms with E-state index in [1.54, 1.807) is 30.3 Å². The molecule has 0 spiro atoms. The van der Waals surface area contributed by atoms with Gasteiger partial charge in [0.25, 0.3) is 11.8 Å². The second-order valence-electron chi connectivity index (χ2n) is 6.89.